The van der Waals surface area contributed by atoms with Crippen LogP contribution < -0.4 is 20.9 Å². The van der Waals surface area contributed by atoms with Gasteiger partial charge in [0.2, 0.25) is 5.91 Å². The molecule has 3 N–H and O–H groups in total. The summed E-state index contributed by atoms with van der Waals surface area (Å²) in [5, 5.41) is 9.04. The first-order valence-electron chi connectivity index (χ1n) is 11.3. The lowest BCUT2D eigenvalue weighted by Crippen LogP contribution is -2.46. The number of nitrogens with zero attached hydrogens (tertiary/aromatic N) is 2. The third-order valence-corrected chi connectivity index (χ3v) is 6.89. The molecule has 0 saturated carbocycles. The van der Waals surface area contributed by atoms with Crippen molar-refractivity contribution in [3.05, 3.63) is 65.0 Å². The molecule has 1 saturated heterocycles. The zero-order valence-electron chi connectivity index (χ0n) is 19.3. The summed E-state index contributed by atoms with van der Waals surface area (Å²) in [7, 11) is 3.98. The molecule has 2 aromatic carbocycles. The van der Waals surface area contributed by atoms with Crippen LogP contribution in [0.4, 0.5) is 10.5 Å². The van der Waals surface area contributed by atoms with Crippen LogP contribution in [0.3, 0.4) is 0 Å². The van der Waals surface area contributed by atoms with E-state index in [9.17, 15) is 14.4 Å². The van der Waals surface area contributed by atoms with Crippen molar-refractivity contribution in [1.82, 2.24) is 20.9 Å². The van der Waals surface area contributed by atoms with Gasteiger partial charge in [-0.15, -0.1) is 11.3 Å². The Morgan fingerprint density at radius 3 is 2.59 bits per heavy atom. The van der Waals surface area contributed by atoms with Crippen molar-refractivity contribution in [2.24, 2.45) is 0 Å². The number of hydrogen-bond donors (Lipinski definition) is 3. The number of urea groups is 1. The first kappa shape index (κ1) is 23.6. The van der Waals surface area contributed by atoms with Crippen LogP contribution in [0, 0.1) is 0 Å². The maximum atomic E-state index is 13.5. The second-order valence-corrected chi connectivity index (χ2v) is 9.50. The van der Waals surface area contributed by atoms with Gasteiger partial charge in [0.25, 0.3) is 5.91 Å². The monoisotopic (exact) mass is 479 g/mol. The summed E-state index contributed by atoms with van der Waals surface area (Å²) in [4.78, 5) is 41.7. The molecule has 0 spiro atoms. The standard InChI is InChI=1S/C25H29N5O3S/c1-29(2)20-9-6-10-21-18(20)15-22(34-21)24(32)30(13-11-17-7-4-3-5-8-17)14-12-26-23(31)19-16-27-25(33)28-19/h3-10,15,19H,11-14,16H2,1-2H3,(H,26,31)(H2,27,28,33)/t19-/m0/s1. The molecule has 4 amide bonds. The molecule has 9 heteroatoms. The van der Waals surface area contributed by atoms with E-state index >= 15 is 0 Å². The highest BCUT2D eigenvalue weighted by Gasteiger charge is 2.27. The number of rotatable bonds is 9. The van der Waals surface area contributed by atoms with Gasteiger partial charge in [0.15, 0.2) is 0 Å². The van der Waals surface area contributed by atoms with Gasteiger partial charge in [-0.2, -0.15) is 0 Å². The maximum absolute atomic E-state index is 13.5. The second kappa shape index (κ2) is 10.6. The lowest BCUT2D eigenvalue weighted by Gasteiger charge is -2.23. The average Bonchev–Trinajstić information content (AvgIpc) is 3.47. The van der Waals surface area contributed by atoms with E-state index in [-0.39, 0.29) is 24.4 Å². The van der Waals surface area contributed by atoms with Gasteiger partial charge in [-0.3, -0.25) is 9.59 Å². The van der Waals surface area contributed by atoms with Gasteiger partial charge < -0.3 is 25.8 Å². The van der Waals surface area contributed by atoms with Crippen LogP contribution in [0.15, 0.2) is 54.6 Å². The zero-order chi connectivity index (χ0) is 24.1. The predicted molar refractivity (Wildman–Crippen MR) is 136 cm³/mol. The zero-order valence-corrected chi connectivity index (χ0v) is 20.2. The van der Waals surface area contributed by atoms with Gasteiger partial charge in [0.05, 0.1) is 4.88 Å². The molecule has 0 bridgehead atoms. The van der Waals surface area contributed by atoms with Crippen LogP contribution in [0.2, 0.25) is 0 Å². The largest absolute Gasteiger partial charge is 0.377 e. The Bertz CT molecular complexity index is 1180. The summed E-state index contributed by atoms with van der Waals surface area (Å²) in [6.45, 7) is 1.48. The highest BCUT2D eigenvalue weighted by Crippen LogP contribution is 2.33. The van der Waals surface area contributed by atoms with Crippen molar-refractivity contribution >= 4 is 45.0 Å². The van der Waals surface area contributed by atoms with Gasteiger partial charge >= 0.3 is 6.03 Å². The van der Waals surface area contributed by atoms with E-state index in [1.54, 1.807) is 4.90 Å². The molecule has 0 aliphatic carbocycles. The molecule has 34 heavy (non-hydrogen) atoms. The van der Waals surface area contributed by atoms with Crippen LogP contribution in [0.25, 0.3) is 10.1 Å². The molecule has 0 unspecified atom stereocenters. The normalized spacial score (nSPS) is 15.0. The van der Waals surface area contributed by atoms with Crippen molar-refractivity contribution in [3.63, 3.8) is 0 Å². The number of hydrogen-bond acceptors (Lipinski definition) is 5. The van der Waals surface area contributed by atoms with Crippen molar-refractivity contribution in [2.75, 3.05) is 45.2 Å². The maximum Gasteiger partial charge on any atom is 0.315 e. The molecule has 178 valence electrons. The Morgan fingerprint density at radius 2 is 1.88 bits per heavy atom. The fourth-order valence-corrected chi connectivity index (χ4v) is 5.02. The molecule has 1 aliphatic heterocycles. The van der Waals surface area contributed by atoms with E-state index in [1.807, 2.05) is 73.6 Å². The minimum atomic E-state index is -0.590. The molecular weight excluding hydrogens is 450 g/mol. The van der Waals surface area contributed by atoms with E-state index in [0.717, 1.165) is 27.8 Å². The van der Waals surface area contributed by atoms with Gasteiger partial charge in [0, 0.05) is 56.0 Å². The van der Waals surface area contributed by atoms with E-state index in [0.29, 0.717) is 24.5 Å². The van der Waals surface area contributed by atoms with E-state index in [4.69, 9.17) is 0 Å². The second-order valence-electron chi connectivity index (χ2n) is 8.42. The summed E-state index contributed by atoms with van der Waals surface area (Å²) in [5.74, 6) is -0.307. The molecule has 1 aliphatic rings. The molecule has 1 aromatic heterocycles. The average molecular weight is 480 g/mol. The number of anilines is 1. The van der Waals surface area contributed by atoms with Gasteiger partial charge in [0.1, 0.15) is 6.04 Å². The molecule has 1 fully saturated rings. The number of carbonyl (C=O) groups excluding carboxylic acids is 3. The Morgan fingerprint density at radius 1 is 1.09 bits per heavy atom. The van der Waals surface area contributed by atoms with Crippen LogP contribution >= 0.6 is 11.3 Å². The van der Waals surface area contributed by atoms with Crippen molar-refractivity contribution in [3.8, 4) is 0 Å². The highest BCUT2D eigenvalue weighted by molar-refractivity contribution is 7.20. The first-order valence-corrected chi connectivity index (χ1v) is 12.1. The summed E-state index contributed by atoms with van der Waals surface area (Å²) in [6, 6.07) is 17.1. The van der Waals surface area contributed by atoms with Crippen LogP contribution in [-0.2, 0) is 11.2 Å². The number of carbonyl (C=O) groups is 3. The lowest BCUT2D eigenvalue weighted by molar-refractivity contribution is -0.122. The fourth-order valence-electron chi connectivity index (χ4n) is 3.97. The van der Waals surface area contributed by atoms with E-state index in [1.165, 1.54) is 11.3 Å². The molecule has 8 nitrogen and oxygen atoms in total. The Labute approximate surface area is 202 Å². The van der Waals surface area contributed by atoms with Gasteiger partial charge in [-0.25, -0.2) is 4.79 Å². The third-order valence-electron chi connectivity index (χ3n) is 5.80. The van der Waals surface area contributed by atoms with E-state index < -0.39 is 6.04 Å². The molecule has 3 aromatic rings. The third kappa shape index (κ3) is 5.48. The van der Waals surface area contributed by atoms with Crippen molar-refractivity contribution in [1.29, 1.82) is 0 Å². The fraction of sp³-hybridized carbons (Fsp3) is 0.320. The van der Waals surface area contributed by atoms with Gasteiger partial charge in [-0.1, -0.05) is 36.4 Å². The summed E-state index contributed by atoms with van der Waals surface area (Å²) >= 11 is 1.49. The van der Waals surface area contributed by atoms with Gasteiger partial charge in [-0.05, 0) is 30.2 Å². The predicted octanol–water partition coefficient (Wildman–Crippen LogP) is 2.45. The number of fused-ring (bicyclic) bond motifs is 1. The quantitative estimate of drug-likeness (QED) is 0.440. The minimum absolute atomic E-state index is 0.0491. The Hall–Kier alpha value is -3.59. The van der Waals surface area contributed by atoms with Crippen molar-refractivity contribution in [2.45, 2.75) is 12.5 Å². The number of thiophene rings is 1. The number of benzene rings is 2. The molecular formula is C25H29N5O3S. The SMILES string of the molecule is CN(C)c1cccc2sc(C(=O)N(CCNC(=O)[C@@H]3CNC(=O)N3)CCc3ccccc3)cc12. The molecule has 4 rings (SSSR count). The smallest absolute Gasteiger partial charge is 0.315 e. The summed E-state index contributed by atoms with van der Waals surface area (Å²) in [5.41, 5.74) is 2.22. The van der Waals surface area contributed by atoms with Crippen LogP contribution in [0.5, 0.6) is 0 Å². The van der Waals surface area contributed by atoms with E-state index in [2.05, 4.69) is 16.0 Å². The van der Waals surface area contributed by atoms with Crippen LogP contribution in [0.1, 0.15) is 15.2 Å². The highest BCUT2D eigenvalue weighted by atomic mass is 32.1. The first-order chi connectivity index (χ1) is 16.4. The Balaban J connectivity index is 1.48. The summed E-state index contributed by atoms with van der Waals surface area (Å²) in [6.07, 6.45) is 0.719. The number of amides is 4. The van der Waals surface area contributed by atoms with Crippen molar-refractivity contribution < 1.29 is 14.4 Å². The minimum Gasteiger partial charge on any atom is -0.377 e. The summed E-state index contributed by atoms with van der Waals surface area (Å²) < 4.78 is 1.07. The van der Waals surface area contributed by atoms with Crippen LogP contribution in [-0.4, -0.2) is 69.1 Å². The Kier molecular flexibility index (Phi) is 7.32. The topological polar surface area (TPSA) is 93.8 Å². The molecule has 2 heterocycles. The molecule has 0 radical (unpaired) electrons. The molecule has 1 atom stereocenters. The lowest BCUT2D eigenvalue weighted by atomic mass is 10.1. The number of nitrogens with one attached hydrogen (secondary N) is 3.